The Labute approximate surface area is 403 Å². The van der Waals surface area contributed by atoms with Crippen molar-refractivity contribution in [3.8, 4) is 11.5 Å². The van der Waals surface area contributed by atoms with E-state index in [0.717, 1.165) is 16.7 Å². The first kappa shape index (κ1) is 51.6. The molecule has 0 radical (unpaired) electrons. The van der Waals surface area contributed by atoms with Gasteiger partial charge < -0.3 is 41.7 Å². The summed E-state index contributed by atoms with van der Waals surface area (Å²) >= 11 is 0. The van der Waals surface area contributed by atoms with E-state index in [4.69, 9.17) is 41.7 Å². The average molecular weight is 987 g/mol. The van der Waals surface area contributed by atoms with Gasteiger partial charge in [0.2, 0.25) is 0 Å². The molecule has 7 atom stereocenters. The molecule has 0 bridgehead atoms. The molecular formula is C50H63N4O13PSi. The first-order chi connectivity index (χ1) is 32.9. The Morgan fingerprint density at radius 2 is 1.19 bits per heavy atom. The topological polar surface area (TPSA) is 193 Å². The molecule has 2 fully saturated rings. The molecule has 0 amide bonds. The minimum atomic E-state index is -2.40. The van der Waals surface area contributed by atoms with Crippen LogP contribution in [-0.4, -0.2) is 85.9 Å². The van der Waals surface area contributed by atoms with E-state index in [2.05, 4.69) is 50.4 Å². The van der Waals surface area contributed by atoms with Crippen molar-refractivity contribution in [2.24, 2.45) is 0 Å². The molecule has 1 unspecified atom stereocenters. The summed E-state index contributed by atoms with van der Waals surface area (Å²) in [5.41, 5.74) is -0.354. The molecule has 2 aromatic heterocycles. The van der Waals surface area contributed by atoms with Crippen molar-refractivity contribution in [2.45, 2.75) is 108 Å². The molecule has 2 N–H and O–H groups in total. The Balaban J connectivity index is 1.23. The van der Waals surface area contributed by atoms with Crippen LogP contribution in [0.25, 0.3) is 0 Å². The third-order valence-corrected chi connectivity index (χ3v) is 18.7. The van der Waals surface area contributed by atoms with Gasteiger partial charge in [-0.15, -0.1) is 6.58 Å². The van der Waals surface area contributed by atoms with Gasteiger partial charge in [0, 0.05) is 36.4 Å². The van der Waals surface area contributed by atoms with Gasteiger partial charge in [-0.1, -0.05) is 81.4 Å². The summed E-state index contributed by atoms with van der Waals surface area (Å²) in [4.78, 5) is 56.0. The summed E-state index contributed by atoms with van der Waals surface area (Å²) in [7, 11) is -1.37. The number of nitrogens with one attached hydrogen (secondary N) is 2. The summed E-state index contributed by atoms with van der Waals surface area (Å²) in [5.74, 6) is 1.33. The lowest BCUT2D eigenvalue weighted by atomic mass is 9.80. The molecule has 7 rings (SSSR count). The van der Waals surface area contributed by atoms with Gasteiger partial charge in [0.25, 0.3) is 11.1 Å². The first-order valence-electron chi connectivity index (χ1n) is 22.8. The van der Waals surface area contributed by atoms with Crippen LogP contribution in [0, 0.1) is 13.8 Å². The fraction of sp³-hybridized carbons (Fsp3) is 0.440. The number of nitrogens with zero attached hydrogens (tertiary/aromatic N) is 2. The maximum Gasteiger partial charge on any atom is 0.333 e. The van der Waals surface area contributed by atoms with E-state index >= 15 is 0 Å². The highest BCUT2D eigenvalue weighted by atomic mass is 31.2. The van der Waals surface area contributed by atoms with Gasteiger partial charge >= 0.3 is 20.0 Å². The van der Waals surface area contributed by atoms with Crippen LogP contribution >= 0.6 is 8.60 Å². The van der Waals surface area contributed by atoms with Crippen molar-refractivity contribution in [2.75, 3.05) is 34.0 Å². The standard InChI is InChI=1S/C50H63N4O13PSi/c1-11-25-62-68(63-31-42-40(67-69(9,10)49(4,5)6)27-44(65-42)54-29-33(3)46(56)52-48(54)58)66-39-26-43(53-28-32(2)45(55)51-47(53)57)64-41(39)30-61-50(34-15-13-12-14-16-34,35-17-21-37(59-7)22-18-35)36-19-23-38(60-8)24-20-36/h11-24,28-29,39-44H,1,25-27,30-31H2,2-10H3,(H,51,55,57)(H,52,56,58)/t39-,40-,41+,42+,43+,44+,68?/m0/s1. The lowest BCUT2D eigenvalue weighted by Crippen LogP contribution is -2.46. The average Bonchev–Trinajstić information content (AvgIpc) is 3.92. The number of benzene rings is 3. The van der Waals surface area contributed by atoms with Crippen LogP contribution in [0.4, 0.5) is 0 Å². The molecular weight excluding hydrogens is 924 g/mol. The summed E-state index contributed by atoms with van der Waals surface area (Å²) in [6, 6.07) is 25.1. The van der Waals surface area contributed by atoms with Gasteiger partial charge in [0.05, 0.1) is 46.2 Å². The number of hydrogen-bond acceptors (Lipinski definition) is 13. The van der Waals surface area contributed by atoms with Gasteiger partial charge in [-0.25, -0.2) is 9.59 Å². The molecule has 0 spiro atoms. The van der Waals surface area contributed by atoms with Crippen LogP contribution < -0.4 is 32.0 Å². The van der Waals surface area contributed by atoms with Crippen molar-refractivity contribution < 1.29 is 41.7 Å². The van der Waals surface area contributed by atoms with Gasteiger partial charge in [0.1, 0.15) is 41.8 Å². The van der Waals surface area contributed by atoms with E-state index in [1.807, 2.05) is 78.9 Å². The Morgan fingerprint density at radius 1 is 0.710 bits per heavy atom. The highest BCUT2D eigenvalue weighted by Gasteiger charge is 2.47. The number of H-pyrrole nitrogens is 2. The van der Waals surface area contributed by atoms with Gasteiger partial charge in [-0.3, -0.25) is 28.7 Å². The maximum atomic E-state index is 13.4. The summed E-state index contributed by atoms with van der Waals surface area (Å²) in [6.45, 7) is 17.7. The summed E-state index contributed by atoms with van der Waals surface area (Å²) in [6.07, 6.45) is 0.511. The zero-order chi connectivity index (χ0) is 49.7. The van der Waals surface area contributed by atoms with Crippen molar-refractivity contribution in [3.63, 3.8) is 0 Å². The summed E-state index contributed by atoms with van der Waals surface area (Å²) in [5, 5.41) is -0.147. The second-order valence-corrected chi connectivity index (χ2v) is 24.6. The smallest absolute Gasteiger partial charge is 0.333 e. The Hall–Kier alpha value is -5.27. The fourth-order valence-corrected chi connectivity index (χ4v) is 10.7. The minimum absolute atomic E-state index is 0.0570. The zero-order valence-electron chi connectivity index (χ0n) is 40.6. The van der Waals surface area contributed by atoms with Crippen LogP contribution in [0.1, 0.15) is 73.9 Å². The third-order valence-electron chi connectivity index (χ3n) is 13.0. The molecule has 2 saturated heterocycles. The van der Waals surface area contributed by atoms with Gasteiger partial charge in [-0.05, 0) is 72.9 Å². The van der Waals surface area contributed by atoms with E-state index in [-0.39, 0.29) is 31.3 Å². The van der Waals surface area contributed by atoms with Crippen LogP contribution in [0.15, 0.2) is 123 Å². The molecule has 69 heavy (non-hydrogen) atoms. The Morgan fingerprint density at radius 3 is 1.67 bits per heavy atom. The number of rotatable bonds is 20. The third kappa shape index (κ3) is 11.5. The fourth-order valence-electron chi connectivity index (χ4n) is 8.17. The normalized spacial score (nSPS) is 21.3. The zero-order valence-corrected chi connectivity index (χ0v) is 42.5. The van der Waals surface area contributed by atoms with Crippen LogP contribution in [0.5, 0.6) is 11.5 Å². The molecule has 0 aliphatic carbocycles. The second-order valence-electron chi connectivity index (χ2n) is 18.7. The van der Waals surface area contributed by atoms with E-state index in [9.17, 15) is 19.2 Å². The van der Waals surface area contributed by atoms with E-state index in [0.29, 0.717) is 29.0 Å². The largest absolute Gasteiger partial charge is 0.497 e. The highest BCUT2D eigenvalue weighted by Crippen LogP contribution is 2.49. The molecule has 3 aromatic carbocycles. The number of ether oxygens (including phenoxy) is 5. The molecule has 19 heteroatoms. The number of methoxy groups -OCH3 is 2. The molecule has 370 valence electrons. The Bertz CT molecular complexity index is 2720. The Kier molecular flexibility index (Phi) is 16.3. The lowest BCUT2D eigenvalue weighted by Gasteiger charge is -2.39. The van der Waals surface area contributed by atoms with E-state index in [1.54, 1.807) is 34.1 Å². The molecule has 2 aliphatic heterocycles. The monoisotopic (exact) mass is 986 g/mol. The van der Waals surface area contributed by atoms with Gasteiger partial charge in [-0.2, -0.15) is 0 Å². The van der Waals surface area contributed by atoms with Crippen molar-refractivity contribution in [1.29, 1.82) is 0 Å². The second kappa shape index (κ2) is 21.8. The van der Waals surface area contributed by atoms with Crippen molar-refractivity contribution in [1.82, 2.24) is 19.1 Å². The predicted molar refractivity (Wildman–Crippen MR) is 263 cm³/mol. The van der Waals surface area contributed by atoms with Crippen molar-refractivity contribution >= 4 is 16.9 Å². The summed E-state index contributed by atoms with van der Waals surface area (Å²) < 4.78 is 60.8. The number of hydrogen-bond donors (Lipinski definition) is 2. The first-order valence-corrected chi connectivity index (χ1v) is 26.8. The van der Waals surface area contributed by atoms with Crippen LogP contribution in [0.3, 0.4) is 0 Å². The van der Waals surface area contributed by atoms with Crippen molar-refractivity contribution in [3.05, 3.63) is 173 Å². The highest BCUT2D eigenvalue weighted by molar-refractivity contribution is 7.41. The lowest BCUT2D eigenvalue weighted by molar-refractivity contribution is -0.0938. The molecule has 4 heterocycles. The van der Waals surface area contributed by atoms with E-state index < -0.39 is 81.9 Å². The number of aryl methyl sites for hydroxylation is 2. The number of aromatic nitrogens is 4. The molecule has 2 aliphatic rings. The number of aromatic amines is 2. The molecule has 17 nitrogen and oxygen atoms in total. The predicted octanol–water partition coefficient (Wildman–Crippen LogP) is 7.53. The minimum Gasteiger partial charge on any atom is -0.497 e. The van der Waals surface area contributed by atoms with Crippen LogP contribution in [0.2, 0.25) is 18.1 Å². The maximum absolute atomic E-state index is 13.4. The van der Waals surface area contributed by atoms with E-state index in [1.165, 1.54) is 21.5 Å². The molecule has 5 aromatic rings. The molecule has 0 saturated carbocycles. The SMILES string of the molecule is C=CCOP(OC[C@H]1O[C@@H](n2cc(C)c(=O)[nH]c2=O)C[C@@H]1O[Si](C)(C)C(C)(C)C)O[C@H]1C[C@H](n2cc(C)c(=O)[nH]c2=O)O[C@@H]1COC(c1ccccc1)(c1ccc(OC)cc1)c1ccc(OC)cc1. The van der Waals surface area contributed by atoms with Crippen LogP contribution in [-0.2, 0) is 37.8 Å². The van der Waals surface area contributed by atoms with Gasteiger partial charge in [0.15, 0.2) is 8.32 Å². The quantitative estimate of drug-likeness (QED) is 0.0337.